The molecule has 2 rings (SSSR count). The first kappa shape index (κ1) is 18.4. The summed E-state index contributed by atoms with van der Waals surface area (Å²) in [5, 5.41) is 3.09. The predicted molar refractivity (Wildman–Crippen MR) is 99.0 cm³/mol. The van der Waals surface area contributed by atoms with Crippen LogP contribution in [-0.4, -0.2) is 42.9 Å². The molecule has 7 nitrogen and oxygen atoms in total. The van der Waals surface area contributed by atoms with Crippen molar-refractivity contribution in [2.75, 3.05) is 37.6 Å². The lowest BCUT2D eigenvalue weighted by Gasteiger charge is -2.21. The van der Waals surface area contributed by atoms with Gasteiger partial charge in [-0.1, -0.05) is 0 Å². The number of carbonyl (C=O) groups is 2. The Hall–Kier alpha value is -2.90. The quantitative estimate of drug-likeness (QED) is 0.333. The molecular formula is C18H23N5O2. The summed E-state index contributed by atoms with van der Waals surface area (Å²) in [5.41, 5.74) is 18.7. The van der Waals surface area contributed by atoms with E-state index in [9.17, 15) is 9.59 Å². The Balaban J connectivity index is 2.21. The second-order valence-electron chi connectivity index (χ2n) is 5.54. The molecule has 0 aliphatic heterocycles. The van der Waals surface area contributed by atoms with Gasteiger partial charge in [0.15, 0.2) is 0 Å². The lowest BCUT2D eigenvalue weighted by Crippen LogP contribution is -2.42. The van der Waals surface area contributed by atoms with Crippen LogP contribution in [0.5, 0.6) is 0 Å². The number of amides is 2. The fraction of sp³-hybridized carbons (Fsp3) is 0.222. The van der Waals surface area contributed by atoms with Crippen LogP contribution < -0.4 is 22.5 Å². The number of nitrogens with two attached hydrogens (primary N) is 3. The smallest absolute Gasteiger partial charge is 0.260 e. The zero-order valence-electron chi connectivity index (χ0n) is 13.9. The minimum atomic E-state index is -0.378. The highest BCUT2D eigenvalue weighted by atomic mass is 16.2. The van der Waals surface area contributed by atoms with Gasteiger partial charge in [-0.15, -0.1) is 0 Å². The van der Waals surface area contributed by atoms with Gasteiger partial charge in [-0.3, -0.25) is 14.5 Å². The molecule has 7 heteroatoms. The molecule has 0 aliphatic rings. The first-order valence-electron chi connectivity index (χ1n) is 8.01. The summed E-state index contributed by atoms with van der Waals surface area (Å²) in [6, 6.07) is 12.9. The zero-order chi connectivity index (χ0) is 18.2. The zero-order valence-corrected chi connectivity index (χ0v) is 13.9. The van der Waals surface area contributed by atoms with Gasteiger partial charge in [-0.2, -0.15) is 0 Å². The number of imide groups is 1. The highest BCUT2D eigenvalue weighted by molar-refractivity contribution is 6.10. The summed E-state index contributed by atoms with van der Waals surface area (Å²) >= 11 is 0. The molecule has 7 N–H and O–H groups in total. The van der Waals surface area contributed by atoms with E-state index in [-0.39, 0.29) is 18.4 Å². The summed E-state index contributed by atoms with van der Waals surface area (Å²) in [6.07, 6.45) is 0. The van der Waals surface area contributed by atoms with Gasteiger partial charge in [0, 0.05) is 48.7 Å². The molecule has 2 aromatic carbocycles. The molecule has 2 aromatic rings. The van der Waals surface area contributed by atoms with Gasteiger partial charge in [0.2, 0.25) is 0 Å². The third kappa shape index (κ3) is 5.03. The molecule has 0 aromatic heterocycles. The molecule has 25 heavy (non-hydrogen) atoms. The number of nitrogens with one attached hydrogen (secondary N) is 1. The summed E-state index contributed by atoms with van der Waals surface area (Å²) in [5.74, 6) is -0.757. The topological polar surface area (TPSA) is 127 Å². The summed E-state index contributed by atoms with van der Waals surface area (Å²) < 4.78 is 0. The molecule has 0 radical (unpaired) electrons. The summed E-state index contributed by atoms with van der Waals surface area (Å²) in [4.78, 5) is 26.8. The summed E-state index contributed by atoms with van der Waals surface area (Å²) in [7, 11) is 0. The fourth-order valence-electron chi connectivity index (χ4n) is 2.28. The Morgan fingerprint density at radius 1 is 0.800 bits per heavy atom. The van der Waals surface area contributed by atoms with E-state index in [2.05, 4.69) is 5.32 Å². The van der Waals surface area contributed by atoms with Crippen molar-refractivity contribution < 1.29 is 9.59 Å². The van der Waals surface area contributed by atoms with Gasteiger partial charge < -0.3 is 22.5 Å². The van der Waals surface area contributed by atoms with Crippen LogP contribution in [0.25, 0.3) is 0 Å². The number of anilines is 2. The lowest BCUT2D eigenvalue weighted by molar-refractivity contribution is 0.0618. The molecule has 0 bridgehead atoms. The lowest BCUT2D eigenvalue weighted by atomic mass is 10.1. The number of carbonyl (C=O) groups excluding carboxylic acids is 2. The Kier molecular flexibility index (Phi) is 6.50. The van der Waals surface area contributed by atoms with E-state index in [4.69, 9.17) is 17.2 Å². The van der Waals surface area contributed by atoms with Gasteiger partial charge in [-0.25, -0.2) is 0 Å². The van der Waals surface area contributed by atoms with Crippen LogP contribution in [0.3, 0.4) is 0 Å². The monoisotopic (exact) mass is 341 g/mol. The average Bonchev–Trinajstić information content (AvgIpc) is 2.62. The van der Waals surface area contributed by atoms with Crippen molar-refractivity contribution in [2.45, 2.75) is 0 Å². The van der Waals surface area contributed by atoms with Gasteiger partial charge in [-0.05, 0) is 48.5 Å². The molecule has 0 saturated heterocycles. The van der Waals surface area contributed by atoms with E-state index in [0.717, 1.165) is 0 Å². The van der Waals surface area contributed by atoms with Crippen molar-refractivity contribution in [1.29, 1.82) is 0 Å². The molecular weight excluding hydrogens is 318 g/mol. The SMILES string of the molecule is NCCNCCN(C(=O)c1ccc(N)cc1)C(=O)c1ccc(N)cc1. The predicted octanol–water partition coefficient (Wildman–Crippen LogP) is 0.682. The highest BCUT2D eigenvalue weighted by Gasteiger charge is 2.23. The van der Waals surface area contributed by atoms with E-state index in [1.54, 1.807) is 48.5 Å². The Labute approximate surface area is 146 Å². The van der Waals surface area contributed by atoms with Crippen LogP contribution in [0.2, 0.25) is 0 Å². The Bertz CT molecular complexity index is 656. The van der Waals surface area contributed by atoms with Crippen molar-refractivity contribution in [2.24, 2.45) is 5.73 Å². The maximum absolute atomic E-state index is 12.8. The van der Waals surface area contributed by atoms with Crippen LogP contribution >= 0.6 is 0 Å². The van der Waals surface area contributed by atoms with Crippen LogP contribution in [0, 0.1) is 0 Å². The number of nitrogens with zero attached hydrogens (tertiary/aromatic N) is 1. The van der Waals surface area contributed by atoms with Crippen molar-refractivity contribution in [3.63, 3.8) is 0 Å². The molecule has 0 unspecified atom stereocenters. The maximum atomic E-state index is 12.8. The normalized spacial score (nSPS) is 10.4. The van der Waals surface area contributed by atoms with E-state index in [1.165, 1.54) is 4.90 Å². The molecule has 0 saturated carbocycles. The number of hydrogen-bond donors (Lipinski definition) is 4. The Morgan fingerprint density at radius 2 is 1.24 bits per heavy atom. The Morgan fingerprint density at radius 3 is 1.64 bits per heavy atom. The molecule has 0 atom stereocenters. The van der Waals surface area contributed by atoms with Gasteiger partial charge >= 0.3 is 0 Å². The first-order chi connectivity index (χ1) is 12.0. The molecule has 0 aliphatic carbocycles. The number of rotatable bonds is 7. The largest absolute Gasteiger partial charge is 0.399 e. The van der Waals surface area contributed by atoms with Crippen LogP contribution in [-0.2, 0) is 0 Å². The van der Waals surface area contributed by atoms with Crippen LogP contribution in [0.1, 0.15) is 20.7 Å². The number of hydrogen-bond acceptors (Lipinski definition) is 6. The van der Waals surface area contributed by atoms with E-state index in [1.807, 2.05) is 0 Å². The minimum absolute atomic E-state index is 0.229. The maximum Gasteiger partial charge on any atom is 0.260 e. The van der Waals surface area contributed by atoms with Gasteiger partial charge in [0.1, 0.15) is 0 Å². The molecule has 0 heterocycles. The van der Waals surface area contributed by atoms with E-state index < -0.39 is 0 Å². The minimum Gasteiger partial charge on any atom is -0.399 e. The third-order valence-electron chi connectivity index (χ3n) is 3.64. The standard InChI is InChI=1S/C18H23N5O2/c19-9-10-22-11-12-23(17(24)13-1-5-15(20)6-2-13)18(25)14-3-7-16(21)8-4-14/h1-8,22H,9-12,19-21H2. The average molecular weight is 341 g/mol. The summed E-state index contributed by atoms with van der Waals surface area (Å²) in [6.45, 7) is 1.78. The second kappa shape index (κ2) is 8.81. The molecule has 2 amide bonds. The second-order valence-corrected chi connectivity index (χ2v) is 5.54. The number of nitrogen functional groups attached to an aromatic ring is 2. The molecule has 0 fully saturated rings. The first-order valence-corrected chi connectivity index (χ1v) is 8.01. The van der Waals surface area contributed by atoms with Crippen molar-refractivity contribution in [3.05, 3.63) is 59.7 Å². The van der Waals surface area contributed by atoms with Crippen LogP contribution in [0.4, 0.5) is 11.4 Å². The van der Waals surface area contributed by atoms with Crippen LogP contribution in [0.15, 0.2) is 48.5 Å². The van der Waals surface area contributed by atoms with E-state index >= 15 is 0 Å². The highest BCUT2D eigenvalue weighted by Crippen LogP contribution is 2.13. The fourth-order valence-corrected chi connectivity index (χ4v) is 2.28. The third-order valence-corrected chi connectivity index (χ3v) is 3.64. The van der Waals surface area contributed by atoms with Crippen molar-refractivity contribution in [3.8, 4) is 0 Å². The van der Waals surface area contributed by atoms with Gasteiger partial charge in [0.05, 0.1) is 0 Å². The molecule has 132 valence electrons. The van der Waals surface area contributed by atoms with Crippen molar-refractivity contribution >= 4 is 23.2 Å². The van der Waals surface area contributed by atoms with E-state index in [0.29, 0.717) is 42.1 Å². The number of benzene rings is 2. The molecule has 0 spiro atoms. The van der Waals surface area contributed by atoms with Crippen molar-refractivity contribution in [1.82, 2.24) is 10.2 Å². The van der Waals surface area contributed by atoms with Gasteiger partial charge in [0.25, 0.3) is 11.8 Å².